The highest BCUT2D eigenvalue weighted by Crippen LogP contribution is 2.12. The molecule has 0 saturated carbocycles. The van der Waals surface area contributed by atoms with Crippen molar-refractivity contribution in [1.82, 2.24) is 9.97 Å². The fourth-order valence-electron chi connectivity index (χ4n) is 1.34. The van der Waals surface area contributed by atoms with E-state index in [0.29, 0.717) is 16.9 Å². The molecule has 0 bridgehead atoms. The van der Waals surface area contributed by atoms with Gasteiger partial charge in [0, 0.05) is 23.8 Å². The van der Waals surface area contributed by atoms with Gasteiger partial charge in [-0.15, -0.1) is 0 Å². The van der Waals surface area contributed by atoms with Crippen LogP contribution in [-0.4, -0.2) is 15.9 Å². The third-order valence-electron chi connectivity index (χ3n) is 2.27. The number of nitrogen functional groups attached to an aromatic ring is 1. The third kappa shape index (κ3) is 2.57. The number of nitrogens with zero attached hydrogens (tertiary/aromatic N) is 2. The lowest BCUT2D eigenvalue weighted by molar-refractivity contribution is 0.102. The van der Waals surface area contributed by atoms with E-state index in [0.717, 1.165) is 5.69 Å². The minimum atomic E-state index is -0.291. The first-order chi connectivity index (χ1) is 8.16. The summed E-state index contributed by atoms with van der Waals surface area (Å²) in [5.41, 5.74) is 7.96. The maximum atomic E-state index is 11.9. The zero-order valence-corrected chi connectivity index (χ0v) is 9.34. The predicted molar refractivity (Wildman–Crippen MR) is 65.6 cm³/mol. The number of nitrogens with one attached hydrogen (secondary N) is 1. The fourth-order valence-corrected chi connectivity index (χ4v) is 1.34. The fraction of sp³-hybridized carbons (Fsp3) is 0.0833. The second kappa shape index (κ2) is 4.61. The molecule has 86 valence electrons. The Morgan fingerprint density at radius 3 is 2.76 bits per heavy atom. The van der Waals surface area contributed by atoms with E-state index in [2.05, 4.69) is 15.3 Å². The Labute approximate surface area is 98.7 Å². The Bertz CT molecular complexity index is 536. The lowest BCUT2D eigenvalue weighted by Gasteiger charge is -2.06. The molecule has 2 aromatic heterocycles. The number of hydrogen-bond donors (Lipinski definition) is 2. The summed E-state index contributed by atoms with van der Waals surface area (Å²) in [5, 5.41) is 2.70. The van der Waals surface area contributed by atoms with Crippen molar-refractivity contribution in [2.75, 3.05) is 11.1 Å². The van der Waals surface area contributed by atoms with Gasteiger partial charge in [0.1, 0.15) is 0 Å². The number of amides is 1. The molecule has 17 heavy (non-hydrogen) atoms. The molecule has 0 spiro atoms. The van der Waals surface area contributed by atoms with Crippen molar-refractivity contribution in [3.8, 4) is 0 Å². The summed E-state index contributed by atoms with van der Waals surface area (Å²) in [6, 6.07) is 5.19. The summed E-state index contributed by atoms with van der Waals surface area (Å²) in [5.74, 6) is -0.291. The predicted octanol–water partition coefficient (Wildman–Crippen LogP) is 1.62. The molecule has 0 radical (unpaired) electrons. The van der Waals surface area contributed by atoms with Gasteiger partial charge in [0.25, 0.3) is 5.91 Å². The van der Waals surface area contributed by atoms with Gasteiger partial charge in [-0.25, -0.2) is 0 Å². The van der Waals surface area contributed by atoms with Crippen LogP contribution in [0.3, 0.4) is 0 Å². The molecule has 0 unspecified atom stereocenters. The van der Waals surface area contributed by atoms with Crippen LogP contribution in [0.1, 0.15) is 16.1 Å². The van der Waals surface area contributed by atoms with Gasteiger partial charge >= 0.3 is 0 Å². The summed E-state index contributed by atoms with van der Waals surface area (Å²) in [7, 11) is 0. The molecule has 0 aliphatic heterocycles. The SMILES string of the molecule is Cc1ccc(NC(=O)c2cnccc2N)cn1. The van der Waals surface area contributed by atoms with Crippen molar-refractivity contribution in [1.29, 1.82) is 0 Å². The maximum Gasteiger partial charge on any atom is 0.259 e. The van der Waals surface area contributed by atoms with Gasteiger partial charge in [-0.3, -0.25) is 14.8 Å². The van der Waals surface area contributed by atoms with Crippen molar-refractivity contribution in [3.05, 3.63) is 48.0 Å². The van der Waals surface area contributed by atoms with Crippen LogP contribution in [0.5, 0.6) is 0 Å². The number of aromatic nitrogens is 2. The van der Waals surface area contributed by atoms with Gasteiger partial charge < -0.3 is 11.1 Å². The number of pyridine rings is 2. The van der Waals surface area contributed by atoms with E-state index in [1.807, 2.05) is 13.0 Å². The molecular formula is C12H12N4O. The van der Waals surface area contributed by atoms with Crippen LogP contribution in [0, 0.1) is 6.92 Å². The van der Waals surface area contributed by atoms with Gasteiger partial charge in [-0.1, -0.05) is 0 Å². The highest BCUT2D eigenvalue weighted by atomic mass is 16.1. The second-order valence-corrected chi connectivity index (χ2v) is 3.61. The molecule has 2 rings (SSSR count). The van der Waals surface area contributed by atoms with Crippen LogP contribution in [0.2, 0.25) is 0 Å². The average molecular weight is 228 g/mol. The zero-order valence-electron chi connectivity index (χ0n) is 9.34. The smallest absolute Gasteiger partial charge is 0.259 e. The summed E-state index contributed by atoms with van der Waals surface area (Å²) in [6.07, 6.45) is 4.58. The minimum Gasteiger partial charge on any atom is -0.398 e. The van der Waals surface area contributed by atoms with Crippen LogP contribution in [-0.2, 0) is 0 Å². The van der Waals surface area contributed by atoms with E-state index < -0.39 is 0 Å². The van der Waals surface area contributed by atoms with Crippen molar-refractivity contribution in [2.24, 2.45) is 0 Å². The van der Waals surface area contributed by atoms with E-state index in [1.54, 1.807) is 24.5 Å². The van der Waals surface area contributed by atoms with Crippen LogP contribution in [0.25, 0.3) is 0 Å². The van der Waals surface area contributed by atoms with Crippen LogP contribution in [0.15, 0.2) is 36.8 Å². The Morgan fingerprint density at radius 1 is 1.29 bits per heavy atom. The summed E-state index contributed by atoms with van der Waals surface area (Å²) in [4.78, 5) is 19.8. The Balaban J connectivity index is 2.17. The lowest BCUT2D eigenvalue weighted by atomic mass is 10.2. The third-order valence-corrected chi connectivity index (χ3v) is 2.27. The first-order valence-electron chi connectivity index (χ1n) is 5.10. The van der Waals surface area contributed by atoms with Crippen LogP contribution < -0.4 is 11.1 Å². The highest BCUT2D eigenvalue weighted by molar-refractivity contribution is 6.07. The minimum absolute atomic E-state index is 0.291. The molecule has 0 atom stereocenters. The quantitative estimate of drug-likeness (QED) is 0.818. The summed E-state index contributed by atoms with van der Waals surface area (Å²) >= 11 is 0. The van der Waals surface area contributed by atoms with Crippen molar-refractivity contribution >= 4 is 17.3 Å². The number of nitrogens with two attached hydrogens (primary N) is 1. The molecule has 0 aliphatic rings. The van der Waals surface area contributed by atoms with E-state index in [4.69, 9.17) is 5.73 Å². The summed E-state index contributed by atoms with van der Waals surface area (Å²) < 4.78 is 0. The maximum absolute atomic E-state index is 11.9. The van der Waals surface area contributed by atoms with Gasteiger partial charge in [-0.05, 0) is 25.1 Å². The Hall–Kier alpha value is -2.43. The van der Waals surface area contributed by atoms with Gasteiger partial charge in [0.05, 0.1) is 17.4 Å². The topological polar surface area (TPSA) is 80.9 Å². The van der Waals surface area contributed by atoms with E-state index in [-0.39, 0.29) is 5.91 Å². The molecule has 3 N–H and O–H groups in total. The number of aryl methyl sites for hydroxylation is 1. The molecular weight excluding hydrogens is 216 g/mol. The second-order valence-electron chi connectivity index (χ2n) is 3.61. The van der Waals surface area contributed by atoms with Crippen molar-refractivity contribution < 1.29 is 4.79 Å². The van der Waals surface area contributed by atoms with Gasteiger partial charge in [0.15, 0.2) is 0 Å². The molecule has 2 heterocycles. The van der Waals surface area contributed by atoms with Gasteiger partial charge in [0.2, 0.25) is 0 Å². The molecule has 5 heteroatoms. The summed E-state index contributed by atoms with van der Waals surface area (Å²) in [6.45, 7) is 1.88. The number of carbonyl (C=O) groups is 1. The first kappa shape index (κ1) is 11.1. The first-order valence-corrected chi connectivity index (χ1v) is 5.10. The number of hydrogen-bond acceptors (Lipinski definition) is 4. The van der Waals surface area contributed by atoms with E-state index in [1.165, 1.54) is 6.20 Å². The van der Waals surface area contributed by atoms with Crippen LogP contribution >= 0.6 is 0 Å². The average Bonchev–Trinajstić information content (AvgIpc) is 2.32. The Kier molecular flexibility index (Phi) is 3.00. The molecule has 1 amide bonds. The monoisotopic (exact) mass is 228 g/mol. The van der Waals surface area contributed by atoms with E-state index >= 15 is 0 Å². The zero-order chi connectivity index (χ0) is 12.3. The number of carbonyl (C=O) groups excluding carboxylic acids is 1. The highest BCUT2D eigenvalue weighted by Gasteiger charge is 2.09. The number of anilines is 2. The van der Waals surface area contributed by atoms with Crippen LogP contribution in [0.4, 0.5) is 11.4 Å². The van der Waals surface area contributed by atoms with Crippen molar-refractivity contribution in [2.45, 2.75) is 6.92 Å². The molecule has 0 aliphatic carbocycles. The number of rotatable bonds is 2. The molecule has 2 aromatic rings. The van der Waals surface area contributed by atoms with E-state index in [9.17, 15) is 4.79 Å². The van der Waals surface area contributed by atoms with Crippen molar-refractivity contribution in [3.63, 3.8) is 0 Å². The largest absolute Gasteiger partial charge is 0.398 e. The molecule has 0 fully saturated rings. The normalized spacial score (nSPS) is 9.94. The lowest BCUT2D eigenvalue weighted by Crippen LogP contribution is -2.14. The molecule has 0 aromatic carbocycles. The van der Waals surface area contributed by atoms with Gasteiger partial charge in [-0.2, -0.15) is 0 Å². The molecule has 0 saturated heterocycles. The standard InChI is InChI=1S/C12H12N4O/c1-8-2-3-9(6-15-8)16-12(17)10-7-14-5-4-11(10)13/h2-7H,1H3,(H2,13,14)(H,16,17). The molecule has 5 nitrogen and oxygen atoms in total. The Morgan fingerprint density at radius 2 is 2.12 bits per heavy atom.